The second-order valence-electron chi connectivity index (χ2n) is 14.2. The van der Waals surface area contributed by atoms with E-state index in [9.17, 15) is 0 Å². The van der Waals surface area contributed by atoms with Crippen molar-refractivity contribution in [3.8, 4) is 40.0 Å². The Kier molecular flexibility index (Phi) is 6.53. The summed E-state index contributed by atoms with van der Waals surface area (Å²) < 4.78 is 8.98. The van der Waals surface area contributed by atoms with Crippen molar-refractivity contribution in [2.24, 2.45) is 0 Å². The van der Waals surface area contributed by atoms with Crippen molar-refractivity contribution < 1.29 is 4.42 Å². The molecule has 0 unspecified atom stereocenters. The lowest BCUT2D eigenvalue weighted by Crippen LogP contribution is -2.06. The third-order valence-corrected chi connectivity index (χ3v) is 11.0. The first-order valence-corrected chi connectivity index (χ1v) is 18.7. The van der Waals surface area contributed by atoms with Crippen LogP contribution in [0.5, 0.6) is 0 Å². The molecule has 12 rings (SSSR count). The normalized spacial score (nSPS) is 11.9. The highest BCUT2D eigenvalue weighted by atomic mass is 16.3. The molecule has 4 aromatic heterocycles. The fourth-order valence-electron chi connectivity index (χ4n) is 8.49. The Morgan fingerprint density at radius 1 is 0.411 bits per heavy atom. The third-order valence-electron chi connectivity index (χ3n) is 11.0. The first-order chi connectivity index (χ1) is 27.8. The van der Waals surface area contributed by atoms with E-state index >= 15 is 0 Å². The van der Waals surface area contributed by atoms with E-state index < -0.39 is 0 Å². The summed E-state index contributed by atoms with van der Waals surface area (Å²) in [5.41, 5.74) is 8.46. The fraction of sp³-hybridized carbons (Fsp3) is 0. The monoisotopic (exact) mass is 715 g/mol. The van der Waals surface area contributed by atoms with Crippen LogP contribution in [0.3, 0.4) is 0 Å². The van der Waals surface area contributed by atoms with Crippen LogP contribution < -0.4 is 0 Å². The number of rotatable bonds is 4. The van der Waals surface area contributed by atoms with Crippen molar-refractivity contribution in [1.82, 2.24) is 24.5 Å². The predicted molar refractivity (Wildman–Crippen MR) is 228 cm³/mol. The molecule has 6 nitrogen and oxygen atoms in total. The maximum absolute atomic E-state index is 6.83. The van der Waals surface area contributed by atoms with Crippen LogP contribution in [0.4, 0.5) is 0 Å². The maximum atomic E-state index is 6.83. The van der Waals surface area contributed by atoms with Crippen LogP contribution in [0.15, 0.2) is 180 Å². The number of furan rings is 1. The molecule has 6 heteroatoms. The van der Waals surface area contributed by atoms with Crippen molar-refractivity contribution in [2.45, 2.75) is 0 Å². The van der Waals surface area contributed by atoms with Gasteiger partial charge in [-0.3, -0.25) is 4.57 Å². The molecule has 4 heterocycles. The first kappa shape index (κ1) is 30.7. The van der Waals surface area contributed by atoms with E-state index in [0.29, 0.717) is 17.6 Å². The molecule has 0 fully saturated rings. The molecule has 0 atom stereocenters. The molecular weight excluding hydrogens is 687 g/mol. The number of pyridine rings is 1. The van der Waals surface area contributed by atoms with E-state index in [2.05, 4.69) is 132 Å². The van der Waals surface area contributed by atoms with Crippen LogP contribution in [0.2, 0.25) is 0 Å². The van der Waals surface area contributed by atoms with Crippen LogP contribution in [-0.4, -0.2) is 24.5 Å². The van der Waals surface area contributed by atoms with Gasteiger partial charge in [0.2, 0.25) is 5.95 Å². The Balaban J connectivity index is 1.10. The quantitative estimate of drug-likeness (QED) is 0.170. The largest absolute Gasteiger partial charge is 0.455 e. The van der Waals surface area contributed by atoms with Gasteiger partial charge in [0, 0.05) is 54.4 Å². The van der Waals surface area contributed by atoms with Crippen molar-refractivity contribution in [1.29, 1.82) is 0 Å². The van der Waals surface area contributed by atoms with Crippen LogP contribution in [0.1, 0.15) is 0 Å². The van der Waals surface area contributed by atoms with Crippen LogP contribution >= 0.6 is 0 Å². The van der Waals surface area contributed by atoms with Crippen molar-refractivity contribution >= 4 is 76.2 Å². The van der Waals surface area contributed by atoms with Gasteiger partial charge in [-0.05, 0) is 53.2 Å². The van der Waals surface area contributed by atoms with E-state index in [0.717, 1.165) is 87.8 Å². The van der Waals surface area contributed by atoms with Crippen molar-refractivity contribution in [2.75, 3.05) is 0 Å². The minimum absolute atomic E-state index is 0.564. The average Bonchev–Trinajstić information content (AvgIpc) is 3.81. The van der Waals surface area contributed by atoms with Crippen molar-refractivity contribution in [3.05, 3.63) is 176 Å². The Morgan fingerprint density at radius 2 is 1.05 bits per heavy atom. The van der Waals surface area contributed by atoms with E-state index in [-0.39, 0.29) is 0 Å². The van der Waals surface area contributed by atoms with Gasteiger partial charge in [0.1, 0.15) is 11.2 Å². The molecule has 56 heavy (non-hydrogen) atoms. The van der Waals surface area contributed by atoms with E-state index in [1.165, 1.54) is 10.8 Å². The Morgan fingerprint density at radius 3 is 1.86 bits per heavy atom. The SMILES string of the molecule is c1ccc(-c2nc(-c3ccc4oc5c(ccc6c(-c7cccc8ccccc78)nc7ccccc7c65)c4c3)nc(-n3c4ccccc4c4ccccc43)n2)cc1. The van der Waals surface area contributed by atoms with Gasteiger partial charge in [-0.25, -0.2) is 9.97 Å². The maximum Gasteiger partial charge on any atom is 0.238 e. The molecule has 0 saturated heterocycles. The zero-order valence-electron chi connectivity index (χ0n) is 29.9. The number of fused-ring (bicyclic) bond motifs is 11. The summed E-state index contributed by atoms with van der Waals surface area (Å²) in [7, 11) is 0. The highest BCUT2D eigenvalue weighted by molar-refractivity contribution is 6.25. The number of benzene rings is 8. The molecule has 0 bridgehead atoms. The minimum atomic E-state index is 0.564. The molecule has 0 aliphatic heterocycles. The molecule has 0 amide bonds. The molecule has 8 aromatic carbocycles. The lowest BCUT2D eigenvalue weighted by Gasteiger charge is -2.12. The summed E-state index contributed by atoms with van der Waals surface area (Å²) in [5.74, 6) is 1.76. The summed E-state index contributed by atoms with van der Waals surface area (Å²) in [6.45, 7) is 0. The average molecular weight is 716 g/mol. The molecule has 0 spiro atoms. The Hall–Kier alpha value is -7.70. The smallest absolute Gasteiger partial charge is 0.238 e. The summed E-state index contributed by atoms with van der Waals surface area (Å²) >= 11 is 0. The van der Waals surface area contributed by atoms with Crippen LogP contribution in [0.25, 0.3) is 116 Å². The number of hydrogen-bond donors (Lipinski definition) is 0. The summed E-state index contributed by atoms with van der Waals surface area (Å²) in [6.07, 6.45) is 0. The van der Waals surface area contributed by atoms with Gasteiger partial charge < -0.3 is 4.42 Å². The molecule has 0 radical (unpaired) electrons. The predicted octanol–water partition coefficient (Wildman–Crippen LogP) is 12.7. The van der Waals surface area contributed by atoms with Gasteiger partial charge in [-0.2, -0.15) is 9.97 Å². The van der Waals surface area contributed by atoms with E-state index in [1.807, 2.05) is 48.5 Å². The van der Waals surface area contributed by atoms with Crippen LogP contribution in [-0.2, 0) is 0 Å². The van der Waals surface area contributed by atoms with Gasteiger partial charge in [0.15, 0.2) is 11.6 Å². The number of hydrogen-bond acceptors (Lipinski definition) is 5. The molecule has 0 aliphatic carbocycles. The Bertz CT molecular complexity index is 3490. The fourth-order valence-corrected chi connectivity index (χ4v) is 8.49. The van der Waals surface area contributed by atoms with Gasteiger partial charge in [-0.15, -0.1) is 0 Å². The van der Waals surface area contributed by atoms with E-state index in [1.54, 1.807) is 0 Å². The minimum Gasteiger partial charge on any atom is -0.455 e. The second kappa shape index (κ2) is 11.9. The number of nitrogens with zero attached hydrogens (tertiary/aromatic N) is 5. The van der Waals surface area contributed by atoms with Gasteiger partial charge in [0.25, 0.3) is 0 Å². The molecule has 0 aliphatic rings. The van der Waals surface area contributed by atoms with Gasteiger partial charge >= 0.3 is 0 Å². The molecule has 0 N–H and O–H groups in total. The lowest BCUT2D eigenvalue weighted by atomic mass is 9.95. The first-order valence-electron chi connectivity index (χ1n) is 18.7. The standard InChI is InChI=1S/C50H29N5O/c1-2-14-31(15-3-1)48-52-49(54-50(53-48)55-42-23-10-7-18-34(42)35-19-8-11-24-43(35)55)32-25-28-44-40(29-32)37-26-27-39-45(47(37)56-44)38-20-6-9-22-41(38)51-46(39)36-21-12-16-30-13-4-5-17-33(30)36/h1-29H. The van der Waals surface area contributed by atoms with Crippen LogP contribution in [0, 0.1) is 0 Å². The van der Waals surface area contributed by atoms with E-state index in [4.69, 9.17) is 24.4 Å². The van der Waals surface area contributed by atoms with Gasteiger partial charge in [-0.1, -0.05) is 133 Å². The summed E-state index contributed by atoms with van der Waals surface area (Å²) in [6, 6.07) is 60.8. The molecule has 260 valence electrons. The number of aromatic nitrogens is 5. The summed E-state index contributed by atoms with van der Waals surface area (Å²) in [5, 5.41) is 9.81. The van der Waals surface area contributed by atoms with Gasteiger partial charge in [0.05, 0.1) is 22.2 Å². The molecular formula is C50H29N5O. The van der Waals surface area contributed by atoms with Crippen molar-refractivity contribution in [3.63, 3.8) is 0 Å². The summed E-state index contributed by atoms with van der Waals surface area (Å²) in [4.78, 5) is 20.7. The molecule has 12 aromatic rings. The highest BCUT2D eigenvalue weighted by Gasteiger charge is 2.21. The zero-order valence-corrected chi connectivity index (χ0v) is 29.9. The lowest BCUT2D eigenvalue weighted by molar-refractivity contribution is 0.673. The second-order valence-corrected chi connectivity index (χ2v) is 14.2. The highest BCUT2D eigenvalue weighted by Crippen LogP contribution is 2.43. The third kappa shape index (κ3) is 4.56. The Labute approximate surface area is 320 Å². The molecule has 0 saturated carbocycles. The topological polar surface area (TPSA) is 69.6 Å². The number of para-hydroxylation sites is 3. The zero-order chi connectivity index (χ0) is 36.7.